The molecule has 1 unspecified atom stereocenters. The molecule has 3 saturated heterocycles. The highest BCUT2D eigenvalue weighted by Gasteiger charge is 2.48. The van der Waals surface area contributed by atoms with Crippen molar-refractivity contribution in [2.75, 3.05) is 26.2 Å². The lowest BCUT2D eigenvalue weighted by Gasteiger charge is -2.51. The van der Waals surface area contributed by atoms with Crippen LogP contribution in [0, 0.1) is 5.41 Å². The number of carbonyl (C=O) groups excluding carboxylic acids is 2. The Hall–Kier alpha value is -2.25. The second-order valence-electron chi connectivity index (χ2n) is 10.6. The number of fused-ring (bicyclic) bond motifs is 1. The van der Waals surface area contributed by atoms with Crippen LogP contribution in [-0.4, -0.2) is 58.7 Å². The third-order valence-corrected chi connectivity index (χ3v) is 8.66. The Kier molecular flexibility index (Phi) is 4.88. The van der Waals surface area contributed by atoms with Crippen LogP contribution in [0.3, 0.4) is 0 Å². The van der Waals surface area contributed by atoms with Crippen LogP contribution < -0.4 is 10.6 Å². The highest BCUT2D eigenvalue weighted by Crippen LogP contribution is 2.48. The van der Waals surface area contributed by atoms with Gasteiger partial charge in [-0.2, -0.15) is 5.10 Å². The minimum atomic E-state index is -0.341. The summed E-state index contributed by atoms with van der Waals surface area (Å²) in [5, 5.41) is 11.7. The Morgan fingerprint density at radius 1 is 1.12 bits per heavy atom. The van der Waals surface area contributed by atoms with E-state index in [1.165, 1.54) is 63.8 Å². The van der Waals surface area contributed by atoms with Crippen molar-refractivity contribution in [2.45, 2.75) is 62.8 Å². The molecule has 4 fully saturated rings. The SMILES string of the molecule is Cn1nc(C2CCC(=O)NC2=O)c2ccc(C3CCN(C4CC5(CCNC5)C4)CC3)cc21. The Labute approximate surface area is 188 Å². The fraction of sp³-hybridized carbons (Fsp3) is 0.640. The van der Waals surface area contributed by atoms with E-state index in [2.05, 4.69) is 33.7 Å². The number of imide groups is 1. The Morgan fingerprint density at radius 3 is 2.66 bits per heavy atom. The molecule has 170 valence electrons. The predicted molar refractivity (Wildman–Crippen MR) is 122 cm³/mol. The zero-order chi connectivity index (χ0) is 21.9. The van der Waals surface area contributed by atoms with Crippen molar-refractivity contribution >= 4 is 22.7 Å². The summed E-state index contributed by atoms with van der Waals surface area (Å²) in [6.45, 7) is 4.83. The van der Waals surface area contributed by atoms with E-state index in [4.69, 9.17) is 5.10 Å². The molecule has 1 aliphatic carbocycles. The van der Waals surface area contributed by atoms with Crippen LogP contribution in [-0.2, 0) is 16.6 Å². The molecule has 2 amide bonds. The number of amides is 2. The number of hydrogen-bond acceptors (Lipinski definition) is 5. The van der Waals surface area contributed by atoms with Gasteiger partial charge in [-0.3, -0.25) is 19.6 Å². The molecule has 2 N–H and O–H groups in total. The largest absolute Gasteiger partial charge is 0.316 e. The summed E-state index contributed by atoms with van der Waals surface area (Å²) in [4.78, 5) is 26.6. The van der Waals surface area contributed by atoms with Crippen molar-refractivity contribution in [2.24, 2.45) is 12.5 Å². The zero-order valence-corrected chi connectivity index (χ0v) is 18.9. The molecule has 2 aromatic rings. The molecule has 1 spiro atoms. The summed E-state index contributed by atoms with van der Waals surface area (Å²) in [5.41, 5.74) is 3.89. The maximum absolute atomic E-state index is 12.4. The normalized spacial score (nSPS) is 31.9. The van der Waals surface area contributed by atoms with Gasteiger partial charge in [0.1, 0.15) is 0 Å². The lowest BCUT2D eigenvalue weighted by Crippen LogP contribution is -2.53. The van der Waals surface area contributed by atoms with Crippen LogP contribution in [0.5, 0.6) is 0 Å². The Morgan fingerprint density at radius 2 is 1.94 bits per heavy atom. The first-order valence-electron chi connectivity index (χ1n) is 12.3. The van der Waals surface area contributed by atoms with Gasteiger partial charge in [0.2, 0.25) is 11.8 Å². The van der Waals surface area contributed by atoms with E-state index >= 15 is 0 Å². The lowest BCUT2D eigenvalue weighted by atomic mass is 9.64. The summed E-state index contributed by atoms with van der Waals surface area (Å²) < 4.78 is 1.90. The molecule has 1 aromatic carbocycles. The van der Waals surface area contributed by atoms with Gasteiger partial charge in [-0.1, -0.05) is 12.1 Å². The lowest BCUT2D eigenvalue weighted by molar-refractivity contribution is -0.134. The Balaban J connectivity index is 1.14. The second kappa shape index (κ2) is 7.66. The number of hydrogen-bond donors (Lipinski definition) is 2. The number of rotatable bonds is 3. The van der Waals surface area contributed by atoms with Crippen LogP contribution in [0.2, 0.25) is 0 Å². The molecule has 1 saturated carbocycles. The number of nitrogens with one attached hydrogen (secondary N) is 2. The molecular weight excluding hydrogens is 402 g/mol. The molecule has 1 atom stereocenters. The first-order chi connectivity index (χ1) is 15.5. The van der Waals surface area contributed by atoms with Gasteiger partial charge in [0.25, 0.3) is 0 Å². The van der Waals surface area contributed by atoms with Crippen molar-refractivity contribution in [1.82, 2.24) is 25.3 Å². The van der Waals surface area contributed by atoms with Crippen molar-refractivity contribution in [3.05, 3.63) is 29.5 Å². The molecule has 3 aliphatic heterocycles. The molecule has 7 nitrogen and oxygen atoms in total. The van der Waals surface area contributed by atoms with E-state index in [-0.39, 0.29) is 17.7 Å². The van der Waals surface area contributed by atoms with Crippen LogP contribution in [0.4, 0.5) is 0 Å². The van der Waals surface area contributed by atoms with E-state index in [9.17, 15) is 9.59 Å². The third kappa shape index (κ3) is 3.37. The number of aryl methyl sites for hydroxylation is 1. The van der Waals surface area contributed by atoms with E-state index in [0.29, 0.717) is 24.2 Å². The molecule has 4 heterocycles. The minimum absolute atomic E-state index is 0.183. The average Bonchev–Trinajstić information content (AvgIpc) is 3.38. The van der Waals surface area contributed by atoms with Gasteiger partial charge < -0.3 is 10.2 Å². The molecule has 0 bridgehead atoms. The van der Waals surface area contributed by atoms with Crippen molar-refractivity contribution in [1.29, 1.82) is 0 Å². The molecule has 6 rings (SSSR count). The van der Waals surface area contributed by atoms with Crippen molar-refractivity contribution in [3.63, 3.8) is 0 Å². The van der Waals surface area contributed by atoms with Gasteiger partial charge in [0, 0.05) is 31.4 Å². The first-order valence-corrected chi connectivity index (χ1v) is 12.3. The molecule has 4 aliphatic rings. The monoisotopic (exact) mass is 435 g/mol. The second-order valence-corrected chi connectivity index (χ2v) is 10.6. The average molecular weight is 436 g/mol. The smallest absolute Gasteiger partial charge is 0.235 e. The fourth-order valence-corrected chi connectivity index (χ4v) is 6.71. The van der Waals surface area contributed by atoms with Gasteiger partial charge in [-0.15, -0.1) is 0 Å². The van der Waals surface area contributed by atoms with Crippen molar-refractivity contribution < 1.29 is 9.59 Å². The molecule has 1 aromatic heterocycles. The maximum atomic E-state index is 12.4. The van der Waals surface area contributed by atoms with Gasteiger partial charge >= 0.3 is 0 Å². The summed E-state index contributed by atoms with van der Waals surface area (Å²) in [7, 11) is 1.95. The third-order valence-electron chi connectivity index (χ3n) is 8.66. The summed E-state index contributed by atoms with van der Waals surface area (Å²) >= 11 is 0. The minimum Gasteiger partial charge on any atom is -0.316 e. The number of aromatic nitrogens is 2. The number of benzene rings is 1. The standard InChI is InChI=1S/C25H33N5O2/c1-29-21-12-17(2-3-19(21)23(28-29)20-4-5-22(31)27-24(20)32)16-6-10-30(11-7-16)18-13-25(14-18)8-9-26-15-25/h2-3,12,16,18,20,26H,4-11,13-15H2,1H3,(H,27,31,32). The van der Waals surface area contributed by atoms with E-state index < -0.39 is 0 Å². The van der Waals surface area contributed by atoms with Gasteiger partial charge in [0.15, 0.2) is 0 Å². The quantitative estimate of drug-likeness (QED) is 0.724. The molecule has 0 radical (unpaired) electrons. The molecule has 32 heavy (non-hydrogen) atoms. The topological polar surface area (TPSA) is 79.3 Å². The highest BCUT2D eigenvalue weighted by molar-refractivity contribution is 6.02. The van der Waals surface area contributed by atoms with Crippen LogP contribution in [0.25, 0.3) is 10.9 Å². The number of nitrogens with zero attached hydrogens (tertiary/aromatic N) is 3. The summed E-state index contributed by atoms with van der Waals surface area (Å²) in [6, 6.07) is 7.46. The highest BCUT2D eigenvalue weighted by atomic mass is 16.2. The van der Waals surface area contributed by atoms with Crippen LogP contribution in [0.15, 0.2) is 18.2 Å². The zero-order valence-electron chi connectivity index (χ0n) is 18.9. The van der Waals surface area contributed by atoms with Gasteiger partial charge in [-0.25, -0.2) is 0 Å². The van der Waals surface area contributed by atoms with E-state index in [1.807, 2.05) is 11.7 Å². The van der Waals surface area contributed by atoms with Crippen LogP contribution >= 0.6 is 0 Å². The van der Waals surface area contributed by atoms with E-state index in [0.717, 1.165) is 22.6 Å². The Bertz CT molecular complexity index is 1050. The van der Waals surface area contributed by atoms with Crippen LogP contribution in [0.1, 0.15) is 68.0 Å². The fourth-order valence-electron chi connectivity index (χ4n) is 6.71. The number of likely N-dealkylation sites (tertiary alicyclic amines) is 1. The maximum Gasteiger partial charge on any atom is 0.235 e. The number of piperidine rings is 2. The summed E-state index contributed by atoms with van der Waals surface area (Å²) in [5.74, 6) is -0.154. The number of carbonyl (C=O) groups is 2. The molecular formula is C25H33N5O2. The van der Waals surface area contributed by atoms with Gasteiger partial charge in [-0.05, 0) is 81.1 Å². The first kappa shape index (κ1) is 20.4. The van der Waals surface area contributed by atoms with Crippen molar-refractivity contribution in [3.8, 4) is 0 Å². The predicted octanol–water partition coefficient (Wildman–Crippen LogP) is 2.42. The molecule has 7 heteroatoms. The summed E-state index contributed by atoms with van der Waals surface area (Å²) in [6.07, 6.45) is 7.48. The van der Waals surface area contributed by atoms with Gasteiger partial charge in [0.05, 0.1) is 17.1 Å². The van der Waals surface area contributed by atoms with E-state index in [1.54, 1.807) is 0 Å².